The predicted octanol–water partition coefficient (Wildman–Crippen LogP) is 2.73. The first-order valence-corrected chi connectivity index (χ1v) is 6.36. The molecule has 1 atom stereocenters. The third kappa shape index (κ3) is 1.68. The largest absolute Gasteiger partial charge is 0.497 e. The summed E-state index contributed by atoms with van der Waals surface area (Å²) in [6, 6.07) is 6.52. The Morgan fingerprint density at radius 2 is 2.44 bits per heavy atom. The number of nitrogens with zero attached hydrogens (tertiary/aromatic N) is 1. The third-order valence-electron chi connectivity index (χ3n) is 2.97. The van der Waals surface area contributed by atoms with Gasteiger partial charge in [0.25, 0.3) is 0 Å². The second kappa shape index (κ2) is 4.03. The van der Waals surface area contributed by atoms with Crippen LogP contribution in [0.1, 0.15) is 23.9 Å². The van der Waals surface area contributed by atoms with Crippen LogP contribution in [0.3, 0.4) is 0 Å². The first-order chi connectivity index (χ1) is 7.86. The highest BCUT2D eigenvalue weighted by Gasteiger charge is 2.19. The smallest absolute Gasteiger partial charge is 0.120 e. The van der Waals surface area contributed by atoms with E-state index in [2.05, 4.69) is 16.4 Å². The molecule has 3 rings (SSSR count). The van der Waals surface area contributed by atoms with E-state index in [4.69, 9.17) is 4.74 Å². The van der Waals surface area contributed by atoms with Crippen molar-refractivity contribution in [2.75, 3.05) is 13.7 Å². The topological polar surface area (TPSA) is 34.1 Å². The molecule has 0 bridgehead atoms. The van der Waals surface area contributed by atoms with E-state index < -0.39 is 0 Å². The zero-order valence-corrected chi connectivity index (χ0v) is 10.0. The average molecular weight is 234 g/mol. The molecule has 0 spiro atoms. The van der Waals surface area contributed by atoms with Crippen LogP contribution in [0.15, 0.2) is 18.2 Å². The molecule has 1 unspecified atom stereocenters. The van der Waals surface area contributed by atoms with Gasteiger partial charge in [-0.2, -0.15) is 0 Å². The van der Waals surface area contributed by atoms with E-state index in [9.17, 15) is 0 Å². The zero-order valence-electron chi connectivity index (χ0n) is 9.19. The van der Waals surface area contributed by atoms with Gasteiger partial charge in [-0.15, -0.1) is 11.3 Å². The number of nitrogens with one attached hydrogen (secondary N) is 1. The number of methoxy groups -OCH3 is 1. The van der Waals surface area contributed by atoms with Crippen molar-refractivity contribution in [3.05, 3.63) is 23.2 Å². The van der Waals surface area contributed by atoms with Crippen LogP contribution < -0.4 is 10.1 Å². The number of hydrogen-bond donors (Lipinski definition) is 1. The van der Waals surface area contributed by atoms with Crippen LogP contribution in [0.25, 0.3) is 10.2 Å². The Morgan fingerprint density at radius 3 is 3.19 bits per heavy atom. The molecule has 0 radical (unpaired) electrons. The minimum Gasteiger partial charge on any atom is -0.497 e. The molecular formula is C12H14N2OS. The van der Waals surface area contributed by atoms with Crippen molar-refractivity contribution in [3.8, 4) is 5.75 Å². The van der Waals surface area contributed by atoms with Crippen molar-refractivity contribution in [1.29, 1.82) is 0 Å². The second-order valence-electron chi connectivity index (χ2n) is 4.03. The molecule has 2 aromatic rings. The Hall–Kier alpha value is -1.13. The van der Waals surface area contributed by atoms with Crippen molar-refractivity contribution in [2.45, 2.75) is 18.9 Å². The molecule has 2 heterocycles. The molecule has 84 valence electrons. The highest BCUT2D eigenvalue weighted by atomic mass is 32.1. The highest BCUT2D eigenvalue weighted by molar-refractivity contribution is 7.18. The molecule has 16 heavy (non-hydrogen) atoms. The molecule has 1 fully saturated rings. The number of hydrogen-bond acceptors (Lipinski definition) is 4. The van der Waals surface area contributed by atoms with Gasteiger partial charge >= 0.3 is 0 Å². The van der Waals surface area contributed by atoms with Crippen molar-refractivity contribution in [3.63, 3.8) is 0 Å². The summed E-state index contributed by atoms with van der Waals surface area (Å²) in [6.07, 6.45) is 2.46. The van der Waals surface area contributed by atoms with Gasteiger partial charge in [0.2, 0.25) is 0 Å². The maximum atomic E-state index is 5.22. The number of benzene rings is 1. The molecule has 1 N–H and O–H groups in total. The van der Waals surface area contributed by atoms with E-state index in [-0.39, 0.29) is 0 Å². The van der Waals surface area contributed by atoms with E-state index >= 15 is 0 Å². The summed E-state index contributed by atoms with van der Waals surface area (Å²) in [6.45, 7) is 1.11. The minimum absolute atomic E-state index is 0.461. The van der Waals surface area contributed by atoms with Gasteiger partial charge in [-0.1, -0.05) is 0 Å². The molecule has 1 aliphatic heterocycles. The lowest BCUT2D eigenvalue weighted by molar-refractivity contribution is 0.415. The van der Waals surface area contributed by atoms with Crippen LogP contribution in [0.2, 0.25) is 0 Å². The standard InChI is InChI=1S/C12H14N2OS/c1-15-8-4-5-9-11(7-8)16-12(14-9)10-3-2-6-13-10/h4-5,7,10,13H,2-3,6H2,1H3. The quantitative estimate of drug-likeness (QED) is 0.867. The SMILES string of the molecule is COc1ccc2nc(C3CCCN3)sc2c1. The normalized spacial score (nSPS) is 20.4. The lowest BCUT2D eigenvalue weighted by Gasteiger charge is -2.03. The molecule has 0 saturated carbocycles. The summed E-state index contributed by atoms with van der Waals surface area (Å²) in [5.41, 5.74) is 1.08. The van der Waals surface area contributed by atoms with Gasteiger partial charge in [0, 0.05) is 0 Å². The maximum Gasteiger partial charge on any atom is 0.120 e. The van der Waals surface area contributed by atoms with Gasteiger partial charge in [0.1, 0.15) is 10.8 Å². The molecule has 0 amide bonds. The number of thiazole rings is 1. The van der Waals surface area contributed by atoms with E-state index in [1.165, 1.54) is 22.5 Å². The summed E-state index contributed by atoms with van der Waals surface area (Å²) in [5.74, 6) is 0.905. The fourth-order valence-corrected chi connectivity index (χ4v) is 3.20. The Morgan fingerprint density at radius 1 is 1.50 bits per heavy atom. The number of rotatable bonds is 2. The minimum atomic E-state index is 0.461. The van der Waals surface area contributed by atoms with E-state index in [1.54, 1.807) is 18.4 Å². The Kier molecular flexibility index (Phi) is 2.53. The molecule has 1 aliphatic rings. The first-order valence-electron chi connectivity index (χ1n) is 5.55. The molecule has 1 saturated heterocycles. The van der Waals surface area contributed by atoms with Crippen LogP contribution in [-0.2, 0) is 0 Å². The zero-order chi connectivity index (χ0) is 11.0. The van der Waals surface area contributed by atoms with Crippen molar-refractivity contribution < 1.29 is 4.74 Å². The average Bonchev–Trinajstić information content (AvgIpc) is 2.96. The third-order valence-corrected chi connectivity index (χ3v) is 4.10. The van der Waals surface area contributed by atoms with Crippen LogP contribution in [0.4, 0.5) is 0 Å². The van der Waals surface area contributed by atoms with Crippen LogP contribution in [-0.4, -0.2) is 18.6 Å². The summed E-state index contributed by atoms with van der Waals surface area (Å²) in [4.78, 5) is 4.67. The molecule has 1 aromatic carbocycles. The van der Waals surface area contributed by atoms with Gasteiger partial charge in [0.15, 0.2) is 0 Å². The Bertz CT molecular complexity index is 503. The fourth-order valence-electron chi connectivity index (χ4n) is 2.09. The van der Waals surface area contributed by atoms with Gasteiger partial charge in [-0.05, 0) is 37.6 Å². The lowest BCUT2D eigenvalue weighted by Crippen LogP contribution is -2.12. The van der Waals surface area contributed by atoms with Gasteiger partial charge < -0.3 is 10.1 Å². The van der Waals surface area contributed by atoms with E-state index in [1.807, 2.05) is 12.1 Å². The number of ether oxygens (including phenoxy) is 1. The van der Waals surface area contributed by atoms with Gasteiger partial charge in [-0.3, -0.25) is 0 Å². The lowest BCUT2D eigenvalue weighted by atomic mass is 10.2. The van der Waals surface area contributed by atoms with Crippen molar-refractivity contribution >= 4 is 21.6 Å². The van der Waals surface area contributed by atoms with Crippen LogP contribution in [0, 0.1) is 0 Å². The summed E-state index contributed by atoms with van der Waals surface area (Å²) < 4.78 is 6.43. The van der Waals surface area contributed by atoms with Crippen LogP contribution in [0.5, 0.6) is 5.75 Å². The Balaban J connectivity index is 2.01. The molecule has 3 nitrogen and oxygen atoms in total. The van der Waals surface area contributed by atoms with E-state index in [0.29, 0.717) is 6.04 Å². The molecule has 1 aromatic heterocycles. The first kappa shape index (κ1) is 10.1. The summed E-state index contributed by atoms with van der Waals surface area (Å²) in [5, 5.41) is 4.69. The number of aromatic nitrogens is 1. The van der Waals surface area contributed by atoms with E-state index in [0.717, 1.165) is 17.8 Å². The molecule has 4 heteroatoms. The molecule has 0 aliphatic carbocycles. The monoisotopic (exact) mass is 234 g/mol. The Labute approximate surface area is 98.5 Å². The van der Waals surface area contributed by atoms with Crippen molar-refractivity contribution in [2.24, 2.45) is 0 Å². The summed E-state index contributed by atoms with van der Waals surface area (Å²) in [7, 11) is 1.70. The number of fused-ring (bicyclic) bond motifs is 1. The molecular weight excluding hydrogens is 220 g/mol. The van der Waals surface area contributed by atoms with Crippen LogP contribution >= 0.6 is 11.3 Å². The summed E-state index contributed by atoms with van der Waals surface area (Å²) >= 11 is 1.77. The van der Waals surface area contributed by atoms with Gasteiger partial charge in [0.05, 0.1) is 23.4 Å². The second-order valence-corrected chi connectivity index (χ2v) is 5.10. The highest BCUT2D eigenvalue weighted by Crippen LogP contribution is 2.32. The predicted molar refractivity (Wildman–Crippen MR) is 66.1 cm³/mol. The fraction of sp³-hybridized carbons (Fsp3) is 0.417. The maximum absolute atomic E-state index is 5.22. The van der Waals surface area contributed by atoms with Gasteiger partial charge in [-0.25, -0.2) is 4.98 Å². The van der Waals surface area contributed by atoms with Crippen molar-refractivity contribution in [1.82, 2.24) is 10.3 Å².